The van der Waals surface area contributed by atoms with Gasteiger partial charge >= 0.3 is 0 Å². The topological polar surface area (TPSA) is 49.9 Å². The van der Waals surface area contributed by atoms with Gasteiger partial charge in [0.2, 0.25) is 11.8 Å². The zero-order valence-corrected chi connectivity index (χ0v) is 22.6. The quantitative estimate of drug-likeness (QED) is 0.297. The molecule has 0 spiro atoms. The molecule has 190 valence electrons. The van der Waals surface area contributed by atoms with Crippen molar-refractivity contribution in [2.75, 3.05) is 26.2 Å². The van der Waals surface area contributed by atoms with Crippen LogP contribution in [0.3, 0.4) is 0 Å². The Balaban J connectivity index is 1.49. The van der Waals surface area contributed by atoms with E-state index in [1.807, 2.05) is 41.3 Å². The second-order valence-electron chi connectivity index (χ2n) is 8.85. The summed E-state index contributed by atoms with van der Waals surface area (Å²) >= 11 is 14.4. The van der Waals surface area contributed by atoms with Gasteiger partial charge in [0, 0.05) is 28.0 Å². The van der Waals surface area contributed by atoms with Crippen LogP contribution in [0.4, 0.5) is 0 Å². The maximum atomic E-state index is 13.7. The van der Waals surface area contributed by atoms with Crippen molar-refractivity contribution in [3.8, 4) is 0 Å². The monoisotopic (exact) mass is 544 g/mol. The minimum Gasteiger partial charge on any atom is -0.367 e. The third-order valence-electron chi connectivity index (χ3n) is 6.34. The molecule has 36 heavy (non-hydrogen) atoms. The van der Waals surface area contributed by atoms with Crippen LogP contribution in [0.5, 0.6) is 0 Å². The molecular formula is C28H30Cl2N2O3S. The van der Waals surface area contributed by atoms with Gasteiger partial charge in [0.1, 0.15) is 6.61 Å². The van der Waals surface area contributed by atoms with E-state index in [1.165, 1.54) is 4.88 Å². The van der Waals surface area contributed by atoms with Crippen molar-refractivity contribution >= 4 is 46.4 Å². The molecule has 2 aromatic carbocycles. The predicted molar refractivity (Wildman–Crippen MR) is 146 cm³/mol. The number of benzene rings is 2. The number of amides is 2. The van der Waals surface area contributed by atoms with Crippen LogP contribution in [0, 0.1) is 0 Å². The van der Waals surface area contributed by atoms with Crippen molar-refractivity contribution in [1.82, 2.24) is 9.80 Å². The fraction of sp³-hybridized carbons (Fsp3) is 0.357. The van der Waals surface area contributed by atoms with Gasteiger partial charge < -0.3 is 14.5 Å². The minimum absolute atomic E-state index is 0.00864. The maximum Gasteiger partial charge on any atom is 0.249 e. The fourth-order valence-electron chi connectivity index (χ4n) is 4.46. The van der Waals surface area contributed by atoms with Crippen molar-refractivity contribution in [3.63, 3.8) is 0 Å². The van der Waals surface area contributed by atoms with Crippen molar-refractivity contribution in [1.29, 1.82) is 0 Å². The highest BCUT2D eigenvalue weighted by atomic mass is 35.5. The van der Waals surface area contributed by atoms with Crippen molar-refractivity contribution in [3.05, 3.63) is 91.6 Å². The van der Waals surface area contributed by atoms with E-state index in [9.17, 15) is 9.59 Å². The Bertz CT molecular complexity index is 1180. The first-order valence-electron chi connectivity index (χ1n) is 12.2. The normalized spacial score (nSPS) is 15.0. The molecular weight excluding hydrogens is 515 g/mol. The number of ether oxygens (including phenoxy) is 1. The lowest BCUT2D eigenvalue weighted by molar-refractivity contribution is -0.144. The zero-order chi connectivity index (χ0) is 25.5. The largest absolute Gasteiger partial charge is 0.367 e. The third-order valence-corrected chi connectivity index (χ3v) is 7.90. The summed E-state index contributed by atoms with van der Waals surface area (Å²) in [6, 6.07) is 16.9. The molecule has 4 rings (SSSR count). The summed E-state index contributed by atoms with van der Waals surface area (Å²) in [4.78, 5) is 31.5. The first-order valence-corrected chi connectivity index (χ1v) is 13.8. The molecule has 0 saturated heterocycles. The summed E-state index contributed by atoms with van der Waals surface area (Å²) in [7, 11) is 0. The Morgan fingerprint density at radius 2 is 1.92 bits per heavy atom. The Kier molecular flexibility index (Phi) is 9.43. The second kappa shape index (κ2) is 12.7. The van der Waals surface area contributed by atoms with Crippen LogP contribution in [0.25, 0.3) is 0 Å². The van der Waals surface area contributed by atoms with E-state index in [2.05, 4.69) is 18.4 Å². The highest BCUT2D eigenvalue weighted by Gasteiger charge is 2.35. The molecule has 0 bridgehead atoms. The number of nitrogens with zero attached hydrogens (tertiary/aromatic N) is 2. The average Bonchev–Trinajstić information content (AvgIpc) is 3.36. The third kappa shape index (κ3) is 6.48. The molecule has 0 radical (unpaired) electrons. The molecule has 1 aliphatic heterocycles. The van der Waals surface area contributed by atoms with E-state index in [-0.39, 0.29) is 31.0 Å². The summed E-state index contributed by atoms with van der Waals surface area (Å²) in [5, 5.41) is 3.13. The van der Waals surface area contributed by atoms with Gasteiger partial charge in [0.15, 0.2) is 0 Å². The first-order chi connectivity index (χ1) is 17.5. The number of fused-ring (bicyclic) bond motifs is 1. The molecule has 1 atom stereocenters. The van der Waals surface area contributed by atoms with Gasteiger partial charge in [-0.15, -0.1) is 11.3 Å². The molecule has 1 aliphatic rings. The molecule has 5 nitrogen and oxygen atoms in total. The lowest BCUT2D eigenvalue weighted by Crippen LogP contribution is -2.47. The molecule has 0 fully saturated rings. The minimum atomic E-state index is -0.310. The molecule has 2 amide bonds. The molecule has 1 unspecified atom stereocenters. The lowest BCUT2D eigenvalue weighted by Gasteiger charge is -2.38. The van der Waals surface area contributed by atoms with Crippen LogP contribution in [-0.4, -0.2) is 47.9 Å². The van der Waals surface area contributed by atoms with Gasteiger partial charge in [0.05, 0.1) is 19.2 Å². The van der Waals surface area contributed by atoms with Gasteiger partial charge in [-0.1, -0.05) is 72.9 Å². The molecule has 3 aromatic rings. The Labute approximate surface area is 226 Å². The van der Waals surface area contributed by atoms with Crippen LogP contribution >= 0.6 is 34.5 Å². The molecule has 0 saturated carbocycles. The molecule has 0 N–H and O–H groups in total. The number of carbonyl (C=O) groups excluding carboxylic acids is 2. The Morgan fingerprint density at radius 3 is 2.67 bits per heavy atom. The first kappa shape index (κ1) is 26.7. The van der Waals surface area contributed by atoms with Crippen LogP contribution < -0.4 is 0 Å². The van der Waals surface area contributed by atoms with Gasteiger partial charge in [-0.3, -0.25) is 9.59 Å². The summed E-state index contributed by atoms with van der Waals surface area (Å²) in [6.07, 6.45) is 2.52. The van der Waals surface area contributed by atoms with Gasteiger partial charge in [-0.25, -0.2) is 0 Å². The summed E-state index contributed by atoms with van der Waals surface area (Å²) < 4.78 is 5.68. The molecule has 1 aromatic heterocycles. The predicted octanol–water partition coefficient (Wildman–Crippen LogP) is 6.37. The van der Waals surface area contributed by atoms with E-state index < -0.39 is 0 Å². The maximum absolute atomic E-state index is 13.7. The number of hydrogen-bond acceptors (Lipinski definition) is 4. The number of halogens is 2. The van der Waals surface area contributed by atoms with Crippen molar-refractivity contribution < 1.29 is 14.3 Å². The smallest absolute Gasteiger partial charge is 0.249 e. The van der Waals surface area contributed by atoms with E-state index >= 15 is 0 Å². The van der Waals surface area contributed by atoms with Gasteiger partial charge in [-0.2, -0.15) is 0 Å². The Morgan fingerprint density at radius 1 is 1.11 bits per heavy atom. The highest BCUT2D eigenvalue weighted by molar-refractivity contribution is 7.10. The van der Waals surface area contributed by atoms with Crippen LogP contribution in [-0.2, 0) is 27.4 Å². The van der Waals surface area contributed by atoms with E-state index in [0.29, 0.717) is 29.7 Å². The number of rotatable bonds is 10. The number of carbonyl (C=O) groups is 2. The number of unbranched alkanes of at least 4 members (excludes halogenated alkanes) is 1. The van der Waals surface area contributed by atoms with E-state index in [0.717, 1.165) is 36.0 Å². The van der Waals surface area contributed by atoms with Crippen LogP contribution in [0.2, 0.25) is 10.0 Å². The van der Waals surface area contributed by atoms with Crippen molar-refractivity contribution in [2.45, 2.75) is 38.8 Å². The van der Waals surface area contributed by atoms with Crippen molar-refractivity contribution in [2.24, 2.45) is 0 Å². The van der Waals surface area contributed by atoms with E-state index in [1.54, 1.807) is 28.4 Å². The molecule has 2 heterocycles. The highest BCUT2D eigenvalue weighted by Crippen LogP contribution is 2.41. The lowest BCUT2D eigenvalue weighted by atomic mass is 9.93. The Hall–Kier alpha value is -2.38. The fourth-order valence-corrected chi connectivity index (χ4v) is 5.88. The second-order valence-corrected chi connectivity index (χ2v) is 10.7. The number of thiophene rings is 1. The van der Waals surface area contributed by atoms with E-state index in [4.69, 9.17) is 27.9 Å². The zero-order valence-electron chi connectivity index (χ0n) is 20.3. The summed E-state index contributed by atoms with van der Waals surface area (Å²) in [5.41, 5.74) is 2.93. The summed E-state index contributed by atoms with van der Waals surface area (Å²) in [5.74, 6) is -0.280. The van der Waals surface area contributed by atoms with Gasteiger partial charge in [-0.05, 0) is 53.1 Å². The van der Waals surface area contributed by atoms with Gasteiger partial charge in [0.25, 0.3) is 0 Å². The standard InChI is InChI=1S/C28H30Cl2N2O3S/c1-2-3-13-31(27(34)19-35-18-20-7-5-4-6-8-20)17-26(33)32-14-11-25-23(12-15-36-25)28(32)22-10-9-21(29)16-24(22)30/h4-10,12,15-16,28H,2-3,11,13-14,17-19H2,1H3. The SMILES string of the molecule is CCCCN(CC(=O)N1CCc2sccc2C1c1ccc(Cl)cc1Cl)C(=O)COCc1ccccc1. The number of hydrogen-bond donors (Lipinski definition) is 0. The molecule has 0 aliphatic carbocycles. The average molecular weight is 546 g/mol. The van der Waals surface area contributed by atoms with Crippen LogP contribution in [0.1, 0.15) is 47.4 Å². The summed E-state index contributed by atoms with van der Waals surface area (Å²) in [6.45, 7) is 3.45. The molecule has 8 heteroatoms. The van der Waals surface area contributed by atoms with Crippen LogP contribution in [0.15, 0.2) is 60.0 Å².